The summed E-state index contributed by atoms with van der Waals surface area (Å²) >= 11 is 0. The molecule has 5 heteroatoms. The predicted octanol–water partition coefficient (Wildman–Crippen LogP) is 3.72. The molecule has 0 aliphatic carbocycles. The fourth-order valence-electron chi connectivity index (χ4n) is 3.56. The van der Waals surface area contributed by atoms with Crippen molar-refractivity contribution in [2.75, 3.05) is 26.4 Å². The Bertz CT molecular complexity index is 739. The summed E-state index contributed by atoms with van der Waals surface area (Å²) in [5.74, 6) is 1.44. The van der Waals surface area contributed by atoms with Crippen molar-refractivity contribution in [2.24, 2.45) is 0 Å². The van der Waals surface area contributed by atoms with Gasteiger partial charge in [0.15, 0.2) is 6.10 Å². The molecular weight excluding hydrogens is 354 g/mol. The second-order valence-electron chi connectivity index (χ2n) is 7.14. The van der Waals surface area contributed by atoms with Crippen LogP contribution in [-0.2, 0) is 14.9 Å². The summed E-state index contributed by atoms with van der Waals surface area (Å²) in [4.78, 5) is 12.6. The van der Waals surface area contributed by atoms with Crippen LogP contribution in [0.25, 0.3) is 0 Å². The minimum absolute atomic E-state index is 0.111. The van der Waals surface area contributed by atoms with E-state index in [1.165, 1.54) is 5.56 Å². The average Bonchev–Trinajstić information content (AvgIpc) is 2.74. The van der Waals surface area contributed by atoms with Crippen LogP contribution in [0.15, 0.2) is 54.6 Å². The molecular formula is C23H29NO4. The maximum absolute atomic E-state index is 12.6. The molecule has 3 rings (SSSR count). The molecule has 2 aromatic rings. The molecule has 150 valence electrons. The molecule has 2 aromatic carbocycles. The van der Waals surface area contributed by atoms with Gasteiger partial charge in [0.05, 0.1) is 6.61 Å². The summed E-state index contributed by atoms with van der Waals surface area (Å²) < 4.78 is 16.9. The fraction of sp³-hybridized carbons (Fsp3) is 0.435. The number of ether oxygens (including phenoxy) is 3. The summed E-state index contributed by atoms with van der Waals surface area (Å²) in [5.41, 5.74) is 1.07. The quantitative estimate of drug-likeness (QED) is 0.755. The van der Waals surface area contributed by atoms with E-state index >= 15 is 0 Å². The van der Waals surface area contributed by atoms with Gasteiger partial charge in [-0.3, -0.25) is 4.79 Å². The summed E-state index contributed by atoms with van der Waals surface area (Å²) in [7, 11) is 0. The summed E-state index contributed by atoms with van der Waals surface area (Å²) in [6.45, 7) is 6.34. The molecule has 5 nitrogen and oxygen atoms in total. The van der Waals surface area contributed by atoms with Crippen molar-refractivity contribution in [3.05, 3.63) is 60.2 Å². The van der Waals surface area contributed by atoms with E-state index in [1.54, 1.807) is 6.92 Å². The number of carbonyl (C=O) groups is 1. The van der Waals surface area contributed by atoms with E-state index in [4.69, 9.17) is 14.2 Å². The minimum Gasteiger partial charge on any atom is -0.494 e. The standard InChI is InChI=1S/C23H29NO4/c1-3-27-20-11-9-19(10-12-20)23(13-15-26-16-14-23)17-24-22(25)18(2)28-21-7-5-4-6-8-21/h4-12,18H,3,13-17H2,1-2H3,(H,24,25). The number of benzene rings is 2. The van der Waals surface area contributed by atoms with Gasteiger partial charge in [-0.2, -0.15) is 0 Å². The molecule has 1 aliphatic rings. The van der Waals surface area contributed by atoms with Crippen LogP contribution in [0.1, 0.15) is 32.3 Å². The summed E-state index contributed by atoms with van der Waals surface area (Å²) in [6, 6.07) is 17.6. The first kappa shape index (κ1) is 20.2. The molecule has 28 heavy (non-hydrogen) atoms. The Morgan fingerprint density at radius 3 is 2.39 bits per heavy atom. The van der Waals surface area contributed by atoms with Crippen molar-refractivity contribution < 1.29 is 19.0 Å². The van der Waals surface area contributed by atoms with Gasteiger partial charge in [0.1, 0.15) is 11.5 Å². The van der Waals surface area contributed by atoms with Gasteiger partial charge in [0, 0.05) is 25.2 Å². The van der Waals surface area contributed by atoms with Crippen molar-refractivity contribution in [1.29, 1.82) is 0 Å². The van der Waals surface area contributed by atoms with E-state index in [9.17, 15) is 4.79 Å². The number of rotatable bonds is 8. The van der Waals surface area contributed by atoms with Gasteiger partial charge in [0.2, 0.25) is 0 Å². The predicted molar refractivity (Wildman–Crippen MR) is 109 cm³/mol. The maximum atomic E-state index is 12.6. The highest BCUT2D eigenvalue weighted by Crippen LogP contribution is 2.35. The Hall–Kier alpha value is -2.53. The molecule has 1 atom stereocenters. The molecule has 0 radical (unpaired) electrons. The van der Waals surface area contributed by atoms with Gasteiger partial charge in [0.25, 0.3) is 5.91 Å². The summed E-state index contributed by atoms with van der Waals surface area (Å²) in [5, 5.41) is 3.10. The lowest BCUT2D eigenvalue weighted by Crippen LogP contribution is -2.47. The molecule has 1 heterocycles. The van der Waals surface area contributed by atoms with Crippen LogP contribution in [-0.4, -0.2) is 38.4 Å². The molecule has 1 amide bonds. The molecule has 0 aromatic heterocycles. The topological polar surface area (TPSA) is 56.8 Å². The SMILES string of the molecule is CCOc1ccc(C2(CNC(=O)C(C)Oc3ccccc3)CCOCC2)cc1. The Balaban J connectivity index is 1.66. The Morgan fingerprint density at radius 1 is 1.07 bits per heavy atom. The van der Waals surface area contributed by atoms with E-state index in [0.717, 1.165) is 18.6 Å². The lowest BCUT2D eigenvalue weighted by molar-refractivity contribution is -0.127. The first-order valence-corrected chi connectivity index (χ1v) is 9.93. The number of carbonyl (C=O) groups excluding carboxylic acids is 1. The smallest absolute Gasteiger partial charge is 0.260 e. The van der Waals surface area contributed by atoms with Crippen LogP contribution in [0.5, 0.6) is 11.5 Å². The third-order valence-electron chi connectivity index (χ3n) is 5.25. The maximum Gasteiger partial charge on any atom is 0.260 e. The number of para-hydroxylation sites is 1. The van der Waals surface area contributed by atoms with Gasteiger partial charge >= 0.3 is 0 Å². The zero-order valence-corrected chi connectivity index (χ0v) is 16.6. The van der Waals surface area contributed by atoms with Crippen LogP contribution in [0, 0.1) is 0 Å². The lowest BCUT2D eigenvalue weighted by atomic mass is 9.74. The highest BCUT2D eigenvalue weighted by molar-refractivity contribution is 5.80. The second-order valence-corrected chi connectivity index (χ2v) is 7.14. The van der Waals surface area contributed by atoms with Crippen LogP contribution in [0.2, 0.25) is 0 Å². The first-order chi connectivity index (χ1) is 13.6. The number of hydrogen-bond acceptors (Lipinski definition) is 4. The molecule has 1 unspecified atom stereocenters. The normalized spacial score (nSPS) is 16.8. The van der Waals surface area contributed by atoms with Gasteiger partial charge in [-0.15, -0.1) is 0 Å². The van der Waals surface area contributed by atoms with Gasteiger partial charge in [-0.1, -0.05) is 30.3 Å². The monoisotopic (exact) mass is 383 g/mol. The number of nitrogens with one attached hydrogen (secondary N) is 1. The molecule has 1 aliphatic heterocycles. The average molecular weight is 383 g/mol. The summed E-state index contributed by atoms with van der Waals surface area (Å²) in [6.07, 6.45) is 1.18. The van der Waals surface area contributed by atoms with E-state index in [0.29, 0.717) is 32.1 Å². The van der Waals surface area contributed by atoms with Crippen molar-refractivity contribution >= 4 is 5.91 Å². The minimum atomic E-state index is -0.556. The number of amides is 1. The Morgan fingerprint density at radius 2 is 1.75 bits per heavy atom. The highest BCUT2D eigenvalue weighted by atomic mass is 16.5. The zero-order chi connectivity index (χ0) is 19.8. The molecule has 0 bridgehead atoms. The Kier molecular flexibility index (Phi) is 6.93. The molecule has 1 N–H and O–H groups in total. The Labute approximate surface area is 167 Å². The van der Waals surface area contributed by atoms with Crippen LogP contribution in [0.4, 0.5) is 0 Å². The van der Waals surface area contributed by atoms with Crippen LogP contribution < -0.4 is 14.8 Å². The first-order valence-electron chi connectivity index (χ1n) is 9.93. The van der Waals surface area contributed by atoms with Gasteiger partial charge in [-0.05, 0) is 56.5 Å². The third kappa shape index (κ3) is 5.04. The van der Waals surface area contributed by atoms with Crippen molar-refractivity contribution in [1.82, 2.24) is 5.32 Å². The molecule has 1 saturated heterocycles. The number of hydrogen-bond donors (Lipinski definition) is 1. The van der Waals surface area contributed by atoms with Crippen molar-refractivity contribution in [3.63, 3.8) is 0 Å². The van der Waals surface area contributed by atoms with E-state index in [-0.39, 0.29) is 11.3 Å². The van der Waals surface area contributed by atoms with Gasteiger partial charge < -0.3 is 19.5 Å². The van der Waals surface area contributed by atoms with E-state index < -0.39 is 6.10 Å². The largest absolute Gasteiger partial charge is 0.494 e. The van der Waals surface area contributed by atoms with Crippen molar-refractivity contribution in [2.45, 2.75) is 38.2 Å². The third-order valence-corrected chi connectivity index (χ3v) is 5.25. The molecule has 1 fully saturated rings. The molecule has 0 saturated carbocycles. The highest BCUT2D eigenvalue weighted by Gasteiger charge is 2.35. The van der Waals surface area contributed by atoms with Crippen LogP contribution >= 0.6 is 0 Å². The second kappa shape index (κ2) is 9.60. The van der Waals surface area contributed by atoms with Crippen molar-refractivity contribution in [3.8, 4) is 11.5 Å². The van der Waals surface area contributed by atoms with E-state index in [1.807, 2.05) is 49.4 Å². The zero-order valence-electron chi connectivity index (χ0n) is 16.6. The fourth-order valence-corrected chi connectivity index (χ4v) is 3.56. The molecule has 0 spiro atoms. The van der Waals surface area contributed by atoms with Crippen LogP contribution in [0.3, 0.4) is 0 Å². The van der Waals surface area contributed by atoms with E-state index in [2.05, 4.69) is 17.4 Å². The lowest BCUT2D eigenvalue weighted by Gasteiger charge is -2.38. The van der Waals surface area contributed by atoms with Gasteiger partial charge in [-0.25, -0.2) is 0 Å².